The monoisotopic (exact) mass is 142 g/mol. The van der Waals surface area contributed by atoms with E-state index in [-0.39, 0.29) is 11.7 Å². The van der Waals surface area contributed by atoms with Gasteiger partial charge in [0, 0.05) is 5.92 Å². The fourth-order valence-electron chi connectivity index (χ4n) is 1.79. The van der Waals surface area contributed by atoms with Crippen LogP contribution in [-0.2, 0) is 4.79 Å². The molecule has 2 atom stereocenters. The van der Waals surface area contributed by atoms with Crippen molar-refractivity contribution in [2.75, 3.05) is 0 Å². The minimum absolute atomic E-state index is 0.104. The molecule has 0 heterocycles. The van der Waals surface area contributed by atoms with Gasteiger partial charge in [-0.25, -0.2) is 0 Å². The number of hydrogen-bond donors (Lipinski definition) is 1. The van der Waals surface area contributed by atoms with E-state index in [0.29, 0.717) is 0 Å². The van der Waals surface area contributed by atoms with E-state index in [4.69, 9.17) is 0 Å². The highest BCUT2D eigenvalue weighted by molar-refractivity contribution is 5.79. The topological polar surface area (TPSA) is 37.3 Å². The Labute approximate surface area is 61.2 Å². The number of rotatable bonds is 1. The first kappa shape index (κ1) is 7.73. The molecule has 0 unspecified atom stereocenters. The molecule has 1 fully saturated rings. The molecule has 58 valence electrons. The van der Waals surface area contributed by atoms with Crippen molar-refractivity contribution in [3.63, 3.8) is 0 Å². The highest BCUT2D eigenvalue weighted by Crippen LogP contribution is 2.35. The maximum atomic E-state index is 10.9. The molecule has 0 spiro atoms. The standard InChI is InChI=1S/C8H14O2/c1-6(9)7-4-3-5-8(7,2)10/h7,10H,3-5H2,1-2H3/t7-,8+/m1/s1. The number of carbonyl (C=O) groups excluding carboxylic acids is 1. The number of Topliss-reactive ketones (excluding diaryl/α,β-unsaturated/α-hetero) is 1. The fraction of sp³-hybridized carbons (Fsp3) is 0.875. The summed E-state index contributed by atoms with van der Waals surface area (Å²) < 4.78 is 0. The summed E-state index contributed by atoms with van der Waals surface area (Å²) in [7, 11) is 0. The number of aliphatic hydroxyl groups is 1. The van der Waals surface area contributed by atoms with Gasteiger partial charge in [-0.3, -0.25) is 4.79 Å². The van der Waals surface area contributed by atoms with Crippen molar-refractivity contribution in [1.29, 1.82) is 0 Å². The molecule has 0 aromatic heterocycles. The molecule has 0 aromatic carbocycles. The molecule has 10 heavy (non-hydrogen) atoms. The third-order valence-corrected chi connectivity index (χ3v) is 2.42. The summed E-state index contributed by atoms with van der Waals surface area (Å²) in [5.74, 6) is 0.0231. The lowest BCUT2D eigenvalue weighted by atomic mass is 9.90. The average Bonchev–Trinajstić information content (AvgIpc) is 2.08. The molecule has 1 saturated carbocycles. The van der Waals surface area contributed by atoms with Gasteiger partial charge in [-0.15, -0.1) is 0 Å². The van der Waals surface area contributed by atoms with Crippen LogP contribution in [0.3, 0.4) is 0 Å². The minimum atomic E-state index is -0.716. The van der Waals surface area contributed by atoms with Crippen LogP contribution in [0.15, 0.2) is 0 Å². The maximum absolute atomic E-state index is 10.9. The molecule has 2 nitrogen and oxygen atoms in total. The first-order valence-corrected chi connectivity index (χ1v) is 3.77. The summed E-state index contributed by atoms with van der Waals surface area (Å²) in [5, 5.41) is 9.60. The fourth-order valence-corrected chi connectivity index (χ4v) is 1.79. The van der Waals surface area contributed by atoms with E-state index in [1.807, 2.05) is 0 Å². The first-order valence-electron chi connectivity index (χ1n) is 3.77. The van der Waals surface area contributed by atoms with Gasteiger partial charge in [-0.2, -0.15) is 0 Å². The number of hydrogen-bond acceptors (Lipinski definition) is 2. The zero-order valence-electron chi connectivity index (χ0n) is 6.55. The van der Waals surface area contributed by atoms with Gasteiger partial charge >= 0.3 is 0 Å². The van der Waals surface area contributed by atoms with E-state index in [1.165, 1.54) is 0 Å². The molecule has 1 N–H and O–H groups in total. The molecule has 1 aliphatic carbocycles. The lowest BCUT2D eigenvalue weighted by molar-refractivity contribution is -0.126. The largest absolute Gasteiger partial charge is 0.389 e. The van der Waals surface area contributed by atoms with E-state index < -0.39 is 5.60 Å². The lowest BCUT2D eigenvalue weighted by Gasteiger charge is -2.22. The maximum Gasteiger partial charge on any atom is 0.135 e. The molecule has 0 amide bonds. The molecular formula is C8H14O2. The normalized spacial score (nSPS) is 40.1. The first-order chi connectivity index (χ1) is 4.54. The second-order valence-corrected chi connectivity index (χ2v) is 3.41. The van der Waals surface area contributed by atoms with E-state index in [2.05, 4.69) is 0 Å². The Balaban J connectivity index is 2.68. The molecule has 2 heteroatoms. The van der Waals surface area contributed by atoms with Crippen LogP contribution in [0.1, 0.15) is 33.1 Å². The predicted octanol–water partition coefficient (Wildman–Crippen LogP) is 1.13. The van der Waals surface area contributed by atoms with Crippen LogP contribution in [0.25, 0.3) is 0 Å². The summed E-state index contributed by atoms with van der Waals surface area (Å²) >= 11 is 0. The number of carbonyl (C=O) groups is 1. The van der Waals surface area contributed by atoms with Gasteiger partial charge in [-0.05, 0) is 33.1 Å². The zero-order valence-corrected chi connectivity index (χ0v) is 6.55. The van der Waals surface area contributed by atoms with Crippen molar-refractivity contribution >= 4 is 5.78 Å². The van der Waals surface area contributed by atoms with Crippen LogP contribution in [0.4, 0.5) is 0 Å². The molecule has 0 bridgehead atoms. The molecule has 1 aliphatic rings. The molecule has 0 aliphatic heterocycles. The van der Waals surface area contributed by atoms with Gasteiger partial charge in [-0.1, -0.05) is 0 Å². The van der Waals surface area contributed by atoms with Crippen LogP contribution >= 0.6 is 0 Å². The van der Waals surface area contributed by atoms with Crippen molar-refractivity contribution < 1.29 is 9.90 Å². The summed E-state index contributed by atoms with van der Waals surface area (Å²) in [6.45, 7) is 3.32. The predicted molar refractivity (Wildman–Crippen MR) is 38.6 cm³/mol. The van der Waals surface area contributed by atoms with Crippen molar-refractivity contribution in [2.24, 2.45) is 5.92 Å². The van der Waals surface area contributed by atoms with Crippen molar-refractivity contribution in [1.82, 2.24) is 0 Å². The summed E-state index contributed by atoms with van der Waals surface area (Å²) in [5.41, 5.74) is -0.716. The third-order valence-electron chi connectivity index (χ3n) is 2.42. The Bertz CT molecular complexity index is 149. The van der Waals surface area contributed by atoms with Crippen LogP contribution < -0.4 is 0 Å². The van der Waals surface area contributed by atoms with E-state index in [9.17, 15) is 9.90 Å². The summed E-state index contributed by atoms with van der Waals surface area (Å²) in [4.78, 5) is 10.9. The van der Waals surface area contributed by atoms with Crippen LogP contribution in [0.5, 0.6) is 0 Å². The lowest BCUT2D eigenvalue weighted by Crippen LogP contribution is -2.33. The molecular weight excluding hydrogens is 128 g/mol. The highest BCUT2D eigenvalue weighted by Gasteiger charge is 2.39. The average molecular weight is 142 g/mol. The van der Waals surface area contributed by atoms with E-state index in [1.54, 1.807) is 13.8 Å². The van der Waals surface area contributed by atoms with E-state index in [0.717, 1.165) is 19.3 Å². The smallest absolute Gasteiger partial charge is 0.135 e. The second-order valence-electron chi connectivity index (χ2n) is 3.41. The SMILES string of the molecule is CC(=O)[C@H]1CCC[C@]1(C)O. The molecule has 0 saturated heterocycles. The number of ketones is 1. The Morgan fingerprint density at radius 2 is 2.30 bits per heavy atom. The van der Waals surface area contributed by atoms with Crippen LogP contribution in [-0.4, -0.2) is 16.5 Å². The molecule has 0 radical (unpaired) electrons. The van der Waals surface area contributed by atoms with E-state index >= 15 is 0 Å². The zero-order chi connectivity index (χ0) is 7.78. The van der Waals surface area contributed by atoms with Gasteiger partial charge in [0.1, 0.15) is 5.78 Å². The van der Waals surface area contributed by atoms with Crippen molar-refractivity contribution in [2.45, 2.75) is 38.7 Å². The van der Waals surface area contributed by atoms with Crippen LogP contribution in [0.2, 0.25) is 0 Å². The highest BCUT2D eigenvalue weighted by atomic mass is 16.3. The Morgan fingerprint density at radius 1 is 1.70 bits per heavy atom. The third kappa shape index (κ3) is 1.21. The Morgan fingerprint density at radius 3 is 2.50 bits per heavy atom. The van der Waals surface area contributed by atoms with Gasteiger partial charge in [0.15, 0.2) is 0 Å². The molecule has 0 aromatic rings. The Kier molecular flexibility index (Phi) is 1.82. The van der Waals surface area contributed by atoms with Crippen molar-refractivity contribution in [3.8, 4) is 0 Å². The summed E-state index contributed by atoms with van der Waals surface area (Å²) in [6, 6.07) is 0. The quantitative estimate of drug-likeness (QED) is 0.595. The summed E-state index contributed by atoms with van der Waals surface area (Å²) in [6.07, 6.45) is 2.62. The Hall–Kier alpha value is -0.370. The van der Waals surface area contributed by atoms with Crippen molar-refractivity contribution in [3.05, 3.63) is 0 Å². The van der Waals surface area contributed by atoms with Crippen LogP contribution in [0, 0.1) is 5.92 Å². The second kappa shape index (κ2) is 2.35. The van der Waals surface area contributed by atoms with Gasteiger partial charge < -0.3 is 5.11 Å². The van der Waals surface area contributed by atoms with Gasteiger partial charge in [0.05, 0.1) is 5.60 Å². The minimum Gasteiger partial charge on any atom is -0.389 e. The van der Waals surface area contributed by atoms with Gasteiger partial charge in [0.25, 0.3) is 0 Å². The molecule has 1 rings (SSSR count). The van der Waals surface area contributed by atoms with Gasteiger partial charge in [0.2, 0.25) is 0 Å².